The van der Waals surface area contributed by atoms with Crippen LogP contribution in [0, 0.1) is 0 Å². The van der Waals surface area contributed by atoms with Crippen LogP contribution in [0.15, 0.2) is 34.5 Å². The van der Waals surface area contributed by atoms with E-state index < -0.39 is 10.0 Å². The van der Waals surface area contributed by atoms with E-state index in [-0.39, 0.29) is 11.0 Å². The van der Waals surface area contributed by atoms with Crippen LogP contribution in [0.2, 0.25) is 0 Å². The summed E-state index contributed by atoms with van der Waals surface area (Å²) >= 11 is 1.03. The van der Waals surface area contributed by atoms with Crippen molar-refractivity contribution in [3.63, 3.8) is 0 Å². The zero-order chi connectivity index (χ0) is 14.2. The predicted molar refractivity (Wildman–Crippen MR) is 75.7 cm³/mol. The lowest BCUT2D eigenvalue weighted by molar-refractivity contribution is 0.174. The normalized spacial score (nSPS) is 13.7. The Balaban J connectivity index is 1.92. The molecule has 0 radical (unpaired) electrons. The van der Waals surface area contributed by atoms with E-state index in [1.807, 2.05) is 30.3 Å². The molecule has 0 aliphatic carbocycles. The first-order chi connectivity index (χ1) is 9.55. The van der Waals surface area contributed by atoms with Gasteiger partial charge in [0.15, 0.2) is 5.75 Å². The molecular weight excluding hydrogens is 298 g/mol. The Labute approximate surface area is 121 Å². The predicted octanol–water partition coefficient (Wildman–Crippen LogP) is 1.91. The largest absolute Gasteiger partial charge is 0.452 e. The quantitative estimate of drug-likeness (QED) is 0.935. The average Bonchev–Trinajstić information content (AvgIpc) is 2.97. The number of hydrogen-bond donors (Lipinski definition) is 1. The van der Waals surface area contributed by atoms with Crippen LogP contribution in [0.25, 0.3) is 0 Å². The van der Waals surface area contributed by atoms with Crippen molar-refractivity contribution in [1.82, 2.24) is 0 Å². The maximum Gasteiger partial charge on any atom is 0.248 e. The van der Waals surface area contributed by atoms with Crippen molar-refractivity contribution < 1.29 is 17.9 Å². The third-order valence-electron chi connectivity index (χ3n) is 3.05. The summed E-state index contributed by atoms with van der Waals surface area (Å²) in [6, 6.07) is 9.85. The Hall–Kier alpha value is -1.57. The number of hydrogen-bond acceptors (Lipinski definition) is 5. The number of aryl methyl sites for hydroxylation is 1. The van der Waals surface area contributed by atoms with Gasteiger partial charge in [0, 0.05) is 5.56 Å². The molecule has 1 aromatic carbocycles. The molecule has 0 amide bonds. The number of fused-ring (bicyclic) bond motifs is 1. The van der Waals surface area contributed by atoms with Gasteiger partial charge in [-0.1, -0.05) is 41.7 Å². The van der Waals surface area contributed by atoms with Gasteiger partial charge in [-0.15, -0.1) is 0 Å². The van der Waals surface area contributed by atoms with Gasteiger partial charge in [-0.25, -0.2) is 13.6 Å². The molecule has 1 aliphatic heterocycles. The Kier molecular flexibility index (Phi) is 3.41. The van der Waals surface area contributed by atoms with Gasteiger partial charge in [0.05, 0.1) is 0 Å². The van der Waals surface area contributed by atoms with Gasteiger partial charge < -0.3 is 9.47 Å². The average molecular weight is 311 g/mol. The summed E-state index contributed by atoms with van der Waals surface area (Å²) in [7, 11) is -3.76. The maximum absolute atomic E-state index is 11.6. The summed E-state index contributed by atoms with van der Waals surface area (Å²) in [5.41, 5.74) is 1.75. The zero-order valence-electron chi connectivity index (χ0n) is 10.5. The van der Waals surface area contributed by atoms with E-state index in [9.17, 15) is 8.42 Å². The number of benzene rings is 1. The second-order valence-electron chi connectivity index (χ2n) is 4.42. The molecule has 106 valence electrons. The van der Waals surface area contributed by atoms with E-state index in [0.717, 1.165) is 23.3 Å². The molecule has 7 heteroatoms. The lowest BCUT2D eigenvalue weighted by Crippen LogP contribution is -2.13. The Morgan fingerprint density at radius 2 is 1.90 bits per heavy atom. The van der Waals surface area contributed by atoms with Crippen LogP contribution < -0.4 is 14.6 Å². The highest BCUT2D eigenvalue weighted by Gasteiger charge is 2.29. The van der Waals surface area contributed by atoms with Gasteiger partial charge in [-0.05, 0) is 18.4 Å². The number of thiophene rings is 1. The van der Waals surface area contributed by atoms with Crippen LogP contribution in [0.3, 0.4) is 0 Å². The monoisotopic (exact) mass is 311 g/mol. The molecular formula is C13H13NO4S2. The van der Waals surface area contributed by atoms with E-state index in [4.69, 9.17) is 14.6 Å². The van der Waals surface area contributed by atoms with Crippen molar-refractivity contribution in [2.75, 3.05) is 6.79 Å². The fourth-order valence-electron chi connectivity index (χ4n) is 2.15. The molecule has 0 saturated carbocycles. The smallest absolute Gasteiger partial charge is 0.248 e. The van der Waals surface area contributed by atoms with E-state index >= 15 is 0 Å². The minimum atomic E-state index is -3.76. The third-order valence-corrected chi connectivity index (χ3v) is 5.68. The Bertz CT molecular complexity index is 722. The second kappa shape index (κ2) is 5.08. The van der Waals surface area contributed by atoms with Crippen LogP contribution in [-0.2, 0) is 22.9 Å². The Morgan fingerprint density at radius 1 is 1.15 bits per heavy atom. The fourth-order valence-corrected chi connectivity index (χ4v) is 4.25. The van der Waals surface area contributed by atoms with Crippen LogP contribution in [0.1, 0.15) is 11.1 Å². The molecule has 0 fully saturated rings. The van der Waals surface area contributed by atoms with Crippen molar-refractivity contribution in [3.05, 3.63) is 41.5 Å². The molecule has 0 spiro atoms. The minimum Gasteiger partial charge on any atom is -0.452 e. The topological polar surface area (TPSA) is 78.6 Å². The van der Waals surface area contributed by atoms with Crippen molar-refractivity contribution in [1.29, 1.82) is 0 Å². The molecule has 0 saturated heterocycles. The standard InChI is InChI=1S/C13H13NO4S2/c14-20(15,16)13-10(11-12(19-13)18-8-17-11)7-6-9-4-2-1-3-5-9/h1-5H,6-8H2,(H2,14,15,16). The van der Waals surface area contributed by atoms with Gasteiger partial charge in [-0.2, -0.15) is 0 Å². The maximum atomic E-state index is 11.6. The van der Waals surface area contributed by atoms with E-state index in [0.29, 0.717) is 22.8 Å². The van der Waals surface area contributed by atoms with Crippen molar-refractivity contribution in [3.8, 4) is 10.8 Å². The second-order valence-corrected chi connectivity index (χ2v) is 7.16. The van der Waals surface area contributed by atoms with Crippen molar-refractivity contribution in [2.45, 2.75) is 17.1 Å². The fraction of sp³-hybridized carbons (Fsp3) is 0.231. The SMILES string of the molecule is NS(=O)(=O)c1sc2c(c1CCc1ccccc1)OCO2. The summed E-state index contributed by atoms with van der Waals surface area (Å²) in [6.07, 6.45) is 1.26. The number of rotatable bonds is 4. The van der Waals surface area contributed by atoms with Gasteiger partial charge in [-0.3, -0.25) is 0 Å². The van der Waals surface area contributed by atoms with Gasteiger partial charge in [0.1, 0.15) is 4.21 Å². The van der Waals surface area contributed by atoms with Gasteiger partial charge in [0.2, 0.25) is 21.9 Å². The molecule has 1 aliphatic rings. The number of nitrogens with two attached hydrogens (primary N) is 1. The van der Waals surface area contributed by atoms with E-state index in [1.54, 1.807) is 0 Å². The first-order valence-corrected chi connectivity index (χ1v) is 8.40. The molecule has 0 bridgehead atoms. The van der Waals surface area contributed by atoms with Crippen LogP contribution in [0.5, 0.6) is 10.8 Å². The molecule has 20 heavy (non-hydrogen) atoms. The summed E-state index contributed by atoms with van der Waals surface area (Å²) in [4.78, 5) is 0. The lowest BCUT2D eigenvalue weighted by atomic mass is 10.1. The van der Waals surface area contributed by atoms with Crippen LogP contribution in [-0.4, -0.2) is 15.2 Å². The van der Waals surface area contributed by atoms with Gasteiger partial charge in [0.25, 0.3) is 0 Å². The summed E-state index contributed by atoms with van der Waals surface area (Å²) in [5.74, 6) is 0.523. The highest BCUT2D eigenvalue weighted by Crippen LogP contribution is 2.47. The van der Waals surface area contributed by atoms with Crippen molar-refractivity contribution in [2.24, 2.45) is 5.14 Å². The number of primary sulfonamides is 1. The highest BCUT2D eigenvalue weighted by atomic mass is 32.2. The molecule has 2 aromatic rings. The minimum absolute atomic E-state index is 0.129. The molecule has 0 atom stereocenters. The Morgan fingerprint density at radius 3 is 2.60 bits per heavy atom. The lowest BCUT2D eigenvalue weighted by Gasteiger charge is -2.05. The molecule has 3 rings (SSSR count). The zero-order valence-corrected chi connectivity index (χ0v) is 12.2. The molecule has 2 N–H and O–H groups in total. The van der Waals surface area contributed by atoms with E-state index in [1.165, 1.54) is 0 Å². The van der Waals surface area contributed by atoms with Crippen molar-refractivity contribution >= 4 is 21.4 Å². The number of sulfonamides is 1. The number of ether oxygens (including phenoxy) is 2. The summed E-state index contributed by atoms with van der Waals surface area (Å²) in [5, 5.41) is 5.76. The first-order valence-electron chi connectivity index (χ1n) is 6.03. The van der Waals surface area contributed by atoms with E-state index in [2.05, 4.69) is 0 Å². The summed E-state index contributed by atoms with van der Waals surface area (Å²) < 4.78 is 34.0. The first kappa shape index (κ1) is 13.4. The van der Waals surface area contributed by atoms with Crippen LogP contribution in [0.4, 0.5) is 0 Å². The molecule has 2 heterocycles. The summed E-state index contributed by atoms with van der Waals surface area (Å²) in [6.45, 7) is 0.129. The van der Waals surface area contributed by atoms with Gasteiger partial charge >= 0.3 is 0 Å². The molecule has 5 nitrogen and oxygen atoms in total. The third kappa shape index (κ3) is 2.52. The highest BCUT2D eigenvalue weighted by molar-refractivity contribution is 7.91. The molecule has 1 aromatic heterocycles. The molecule has 0 unspecified atom stereocenters. The van der Waals surface area contributed by atoms with Crippen LogP contribution >= 0.6 is 11.3 Å².